The topological polar surface area (TPSA) is 53.1 Å². The molecule has 0 radical (unpaired) electrons. The lowest BCUT2D eigenvalue weighted by Gasteiger charge is -2.29. The molecule has 0 bridgehead atoms. The third-order valence-corrected chi connectivity index (χ3v) is 2.19. The molecule has 0 aliphatic carbocycles. The van der Waals surface area contributed by atoms with E-state index in [0.717, 1.165) is 24.7 Å². The minimum atomic E-state index is 0.172. The van der Waals surface area contributed by atoms with E-state index in [9.17, 15) is 0 Å². The van der Waals surface area contributed by atoms with Gasteiger partial charge >= 0.3 is 0 Å². The largest absolute Gasteiger partial charge is 0.477 e. The van der Waals surface area contributed by atoms with Gasteiger partial charge in [0.2, 0.25) is 5.88 Å². The van der Waals surface area contributed by atoms with E-state index in [1.165, 1.54) is 0 Å². The number of hydrogen-bond acceptors (Lipinski definition) is 3. The highest BCUT2D eigenvalue weighted by Crippen LogP contribution is 2.28. The van der Waals surface area contributed by atoms with Crippen molar-refractivity contribution in [2.24, 2.45) is 11.1 Å². The molecule has 4 heteroatoms. The number of nitrogens with two attached hydrogens (primary N) is 1. The van der Waals surface area contributed by atoms with Crippen LogP contribution in [0.4, 0.5) is 0 Å². The molecule has 0 aromatic carbocycles. The Balaban J connectivity index is 2.30. The summed E-state index contributed by atoms with van der Waals surface area (Å²) in [5, 5.41) is 4.33. The van der Waals surface area contributed by atoms with Crippen LogP contribution in [0.15, 0.2) is 6.07 Å². The summed E-state index contributed by atoms with van der Waals surface area (Å²) >= 11 is 0. The SMILES string of the molecule is CC1(C)COc2cc(CN)nn2C1. The van der Waals surface area contributed by atoms with Crippen molar-refractivity contribution in [3.05, 3.63) is 11.8 Å². The van der Waals surface area contributed by atoms with Gasteiger partial charge in [0.05, 0.1) is 18.8 Å². The molecule has 0 saturated heterocycles. The number of aromatic nitrogens is 2. The van der Waals surface area contributed by atoms with Crippen LogP contribution in [0, 0.1) is 5.41 Å². The zero-order chi connectivity index (χ0) is 9.47. The second-order valence-electron chi connectivity index (χ2n) is 4.29. The summed E-state index contributed by atoms with van der Waals surface area (Å²) in [6.45, 7) is 6.47. The van der Waals surface area contributed by atoms with Gasteiger partial charge in [-0.15, -0.1) is 0 Å². The summed E-state index contributed by atoms with van der Waals surface area (Å²) < 4.78 is 7.46. The molecule has 2 rings (SSSR count). The standard InChI is InChI=1S/C9H15N3O/c1-9(2)5-12-8(13-6-9)3-7(4-10)11-12/h3H,4-6,10H2,1-2H3. The number of hydrogen-bond donors (Lipinski definition) is 1. The van der Waals surface area contributed by atoms with Gasteiger partial charge in [-0.25, -0.2) is 4.68 Å². The number of rotatable bonds is 1. The van der Waals surface area contributed by atoms with Gasteiger partial charge < -0.3 is 10.5 Å². The van der Waals surface area contributed by atoms with E-state index in [1.807, 2.05) is 10.7 Å². The molecule has 2 N–H and O–H groups in total. The smallest absolute Gasteiger partial charge is 0.212 e. The molecule has 2 heterocycles. The lowest BCUT2D eigenvalue weighted by molar-refractivity contribution is 0.100. The third kappa shape index (κ3) is 1.54. The quantitative estimate of drug-likeness (QED) is 0.696. The van der Waals surface area contributed by atoms with Crippen LogP contribution in [0.25, 0.3) is 0 Å². The first-order chi connectivity index (χ1) is 6.11. The first kappa shape index (κ1) is 8.56. The lowest BCUT2D eigenvalue weighted by atomic mass is 9.94. The highest BCUT2D eigenvalue weighted by molar-refractivity contribution is 5.17. The summed E-state index contributed by atoms with van der Waals surface area (Å²) in [6, 6.07) is 1.91. The normalized spacial score (nSPS) is 19.3. The Hall–Kier alpha value is -1.03. The molecule has 0 spiro atoms. The highest BCUT2D eigenvalue weighted by atomic mass is 16.5. The minimum absolute atomic E-state index is 0.172. The molecule has 1 aromatic rings. The Morgan fingerprint density at radius 2 is 2.46 bits per heavy atom. The molecular weight excluding hydrogens is 166 g/mol. The van der Waals surface area contributed by atoms with Crippen molar-refractivity contribution in [2.75, 3.05) is 6.61 Å². The maximum atomic E-state index is 5.57. The van der Waals surface area contributed by atoms with E-state index in [0.29, 0.717) is 6.54 Å². The van der Waals surface area contributed by atoms with Crippen LogP contribution in [-0.4, -0.2) is 16.4 Å². The van der Waals surface area contributed by atoms with Gasteiger partial charge in [0, 0.05) is 18.0 Å². The summed E-state index contributed by atoms with van der Waals surface area (Å²) in [5.74, 6) is 0.847. The molecule has 0 unspecified atom stereocenters. The molecule has 0 fully saturated rings. The number of fused-ring (bicyclic) bond motifs is 1. The first-order valence-electron chi connectivity index (χ1n) is 4.50. The average Bonchev–Trinajstić information content (AvgIpc) is 2.44. The lowest BCUT2D eigenvalue weighted by Crippen LogP contribution is -2.32. The van der Waals surface area contributed by atoms with Crippen LogP contribution in [0.1, 0.15) is 19.5 Å². The molecule has 0 saturated carbocycles. The van der Waals surface area contributed by atoms with Gasteiger partial charge in [-0.2, -0.15) is 5.10 Å². The Labute approximate surface area is 77.7 Å². The van der Waals surface area contributed by atoms with E-state index in [2.05, 4.69) is 18.9 Å². The Morgan fingerprint density at radius 3 is 3.15 bits per heavy atom. The number of ether oxygens (including phenoxy) is 1. The second kappa shape index (κ2) is 2.73. The van der Waals surface area contributed by atoms with Crippen molar-refractivity contribution in [1.29, 1.82) is 0 Å². The van der Waals surface area contributed by atoms with Crippen LogP contribution in [0.3, 0.4) is 0 Å². The Morgan fingerprint density at radius 1 is 1.69 bits per heavy atom. The fourth-order valence-corrected chi connectivity index (χ4v) is 1.50. The Bertz CT molecular complexity index is 317. The van der Waals surface area contributed by atoms with Crippen molar-refractivity contribution in [3.63, 3.8) is 0 Å². The molecule has 0 atom stereocenters. The summed E-state index contributed by atoms with van der Waals surface area (Å²) in [7, 11) is 0. The first-order valence-corrected chi connectivity index (χ1v) is 4.50. The van der Waals surface area contributed by atoms with E-state index in [-0.39, 0.29) is 5.41 Å². The summed E-state index contributed by atoms with van der Waals surface area (Å²) in [4.78, 5) is 0. The van der Waals surface area contributed by atoms with Gasteiger partial charge in [0.15, 0.2) is 0 Å². The molecule has 13 heavy (non-hydrogen) atoms. The molecule has 1 aliphatic heterocycles. The van der Waals surface area contributed by atoms with E-state index in [1.54, 1.807) is 0 Å². The molecular formula is C9H15N3O. The number of nitrogens with zero attached hydrogens (tertiary/aromatic N) is 2. The molecule has 72 valence electrons. The predicted molar refractivity (Wildman–Crippen MR) is 49.4 cm³/mol. The van der Waals surface area contributed by atoms with Gasteiger partial charge in [0.25, 0.3) is 0 Å². The Kier molecular flexibility index (Phi) is 1.80. The van der Waals surface area contributed by atoms with Crippen LogP contribution < -0.4 is 10.5 Å². The zero-order valence-corrected chi connectivity index (χ0v) is 8.08. The van der Waals surface area contributed by atoms with Crippen LogP contribution in [0.2, 0.25) is 0 Å². The summed E-state index contributed by atoms with van der Waals surface area (Å²) in [5.41, 5.74) is 6.57. The van der Waals surface area contributed by atoms with Crippen LogP contribution >= 0.6 is 0 Å². The van der Waals surface area contributed by atoms with Crippen molar-refractivity contribution < 1.29 is 4.74 Å². The molecule has 0 amide bonds. The van der Waals surface area contributed by atoms with Crippen LogP contribution in [-0.2, 0) is 13.1 Å². The van der Waals surface area contributed by atoms with Gasteiger partial charge in [-0.3, -0.25) is 0 Å². The van der Waals surface area contributed by atoms with E-state index in [4.69, 9.17) is 10.5 Å². The maximum Gasteiger partial charge on any atom is 0.212 e. The van der Waals surface area contributed by atoms with Crippen molar-refractivity contribution in [1.82, 2.24) is 9.78 Å². The molecule has 4 nitrogen and oxygen atoms in total. The third-order valence-electron chi connectivity index (χ3n) is 2.19. The predicted octanol–water partition coefficient (Wildman–Crippen LogP) is 0.760. The van der Waals surface area contributed by atoms with Crippen molar-refractivity contribution >= 4 is 0 Å². The average molecular weight is 181 g/mol. The van der Waals surface area contributed by atoms with Crippen molar-refractivity contribution in [3.8, 4) is 5.88 Å². The fourth-order valence-electron chi connectivity index (χ4n) is 1.50. The van der Waals surface area contributed by atoms with Crippen molar-refractivity contribution in [2.45, 2.75) is 26.9 Å². The van der Waals surface area contributed by atoms with E-state index >= 15 is 0 Å². The molecule has 1 aliphatic rings. The summed E-state index contributed by atoms with van der Waals surface area (Å²) in [6.07, 6.45) is 0. The van der Waals surface area contributed by atoms with Crippen LogP contribution in [0.5, 0.6) is 5.88 Å². The highest BCUT2D eigenvalue weighted by Gasteiger charge is 2.27. The second-order valence-corrected chi connectivity index (χ2v) is 4.29. The molecule has 1 aromatic heterocycles. The monoisotopic (exact) mass is 181 g/mol. The zero-order valence-electron chi connectivity index (χ0n) is 8.08. The van der Waals surface area contributed by atoms with Gasteiger partial charge in [-0.05, 0) is 0 Å². The van der Waals surface area contributed by atoms with E-state index < -0.39 is 0 Å². The van der Waals surface area contributed by atoms with Gasteiger partial charge in [0.1, 0.15) is 0 Å². The van der Waals surface area contributed by atoms with Gasteiger partial charge in [-0.1, -0.05) is 13.8 Å². The minimum Gasteiger partial charge on any atom is -0.477 e. The fraction of sp³-hybridized carbons (Fsp3) is 0.667. The maximum absolute atomic E-state index is 5.57.